The molecule has 1 heterocycles. The Bertz CT molecular complexity index is 696. The Labute approximate surface area is 129 Å². The zero-order chi connectivity index (χ0) is 15.6. The first-order valence-electron chi connectivity index (χ1n) is 6.97. The van der Waals surface area contributed by atoms with Crippen LogP contribution < -0.4 is 10.9 Å². The molecule has 2 rings (SSSR count). The van der Waals surface area contributed by atoms with E-state index in [0.29, 0.717) is 16.4 Å². The molecule has 112 valence electrons. The van der Waals surface area contributed by atoms with Crippen LogP contribution in [0.3, 0.4) is 0 Å². The minimum Gasteiger partial charge on any atom is -0.310 e. The highest BCUT2D eigenvalue weighted by atomic mass is 35.5. The molecule has 0 saturated heterocycles. The SMILES string of the molecule is Cc1nc(C)c(C(C)N[C@H](C)c2cccc(Cl)c2)c(=O)[nH]1. The summed E-state index contributed by atoms with van der Waals surface area (Å²) in [5.41, 5.74) is 2.44. The van der Waals surface area contributed by atoms with Crippen LogP contribution in [0.2, 0.25) is 5.02 Å². The van der Waals surface area contributed by atoms with Gasteiger partial charge in [0, 0.05) is 22.8 Å². The fraction of sp³-hybridized carbons (Fsp3) is 0.375. The summed E-state index contributed by atoms with van der Waals surface area (Å²) in [5, 5.41) is 4.13. The first-order valence-corrected chi connectivity index (χ1v) is 7.35. The minimum absolute atomic E-state index is 0.0822. The second kappa shape index (κ2) is 6.41. The third-order valence-electron chi connectivity index (χ3n) is 3.55. The van der Waals surface area contributed by atoms with Crippen molar-refractivity contribution in [3.05, 3.63) is 62.3 Å². The van der Waals surface area contributed by atoms with Gasteiger partial charge in [-0.25, -0.2) is 4.98 Å². The van der Waals surface area contributed by atoms with E-state index in [1.165, 1.54) is 0 Å². The van der Waals surface area contributed by atoms with Gasteiger partial charge in [0.05, 0.1) is 5.56 Å². The summed E-state index contributed by atoms with van der Waals surface area (Å²) in [5.74, 6) is 0.635. The maximum Gasteiger partial charge on any atom is 0.255 e. The van der Waals surface area contributed by atoms with Crippen LogP contribution in [0, 0.1) is 13.8 Å². The van der Waals surface area contributed by atoms with Gasteiger partial charge in [-0.05, 0) is 45.4 Å². The molecule has 0 saturated carbocycles. The molecule has 0 amide bonds. The van der Waals surface area contributed by atoms with E-state index in [0.717, 1.165) is 11.3 Å². The standard InChI is InChI=1S/C16H20ClN3O/c1-9(13-6-5-7-14(17)8-13)18-10(2)15-11(3)19-12(4)20-16(15)21/h5-10,18H,1-4H3,(H,19,20,21)/t9-,10?/m1/s1. The van der Waals surface area contributed by atoms with Crippen LogP contribution in [0.25, 0.3) is 0 Å². The molecule has 1 aromatic heterocycles. The van der Waals surface area contributed by atoms with E-state index in [2.05, 4.69) is 15.3 Å². The predicted octanol–water partition coefficient (Wildman–Crippen LogP) is 3.45. The van der Waals surface area contributed by atoms with Crippen LogP contribution >= 0.6 is 11.6 Å². The number of hydrogen-bond donors (Lipinski definition) is 2. The van der Waals surface area contributed by atoms with Crippen LogP contribution in [0.15, 0.2) is 29.1 Å². The zero-order valence-corrected chi connectivity index (χ0v) is 13.5. The molecule has 0 fully saturated rings. The molecule has 2 N–H and O–H groups in total. The van der Waals surface area contributed by atoms with E-state index in [1.54, 1.807) is 6.92 Å². The summed E-state index contributed by atoms with van der Waals surface area (Å²) in [6.07, 6.45) is 0. The van der Waals surface area contributed by atoms with Gasteiger partial charge in [-0.1, -0.05) is 23.7 Å². The zero-order valence-electron chi connectivity index (χ0n) is 12.7. The Balaban J connectivity index is 2.22. The van der Waals surface area contributed by atoms with Gasteiger partial charge >= 0.3 is 0 Å². The largest absolute Gasteiger partial charge is 0.310 e. The van der Waals surface area contributed by atoms with Gasteiger partial charge in [0.2, 0.25) is 0 Å². The topological polar surface area (TPSA) is 57.8 Å². The number of nitrogens with one attached hydrogen (secondary N) is 2. The number of nitrogens with zero attached hydrogens (tertiary/aromatic N) is 1. The monoisotopic (exact) mass is 305 g/mol. The Morgan fingerprint density at radius 1 is 1.24 bits per heavy atom. The average molecular weight is 306 g/mol. The van der Waals surface area contributed by atoms with Crippen molar-refractivity contribution in [1.82, 2.24) is 15.3 Å². The van der Waals surface area contributed by atoms with Crippen molar-refractivity contribution in [2.75, 3.05) is 0 Å². The second-order valence-corrected chi connectivity index (χ2v) is 5.75. The highest BCUT2D eigenvalue weighted by Gasteiger charge is 2.17. The van der Waals surface area contributed by atoms with E-state index in [9.17, 15) is 4.79 Å². The van der Waals surface area contributed by atoms with Crippen molar-refractivity contribution < 1.29 is 0 Å². The summed E-state index contributed by atoms with van der Waals surface area (Å²) in [6.45, 7) is 7.66. The van der Waals surface area contributed by atoms with Gasteiger partial charge in [0.25, 0.3) is 5.56 Å². The molecule has 0 spiro atoms. The van der Waals surface area contributed by atoms with Crippen molar-refractivity contribution in [3.8, 4) is 0 Å². The Morgan fingerprint density at radius 3 is 2.57 bits per heavy atom. The molecule has 2 aromatic rings. The molecule has 4 nitrogen and oxygen atoms in total. The van der Waals surface area contributed by atoms with Gasteiger partial charge in [-0.2, -0.15) is 0 Å². The molecule has 0 radical (unpaired) electrons. The van der Waals surface area contributed by atoms with E-state index in [-0.39, 0.29) is 17.6 Å². The van der Waals surface area contributed by atoms with E-state index in [1.807, 2.05) is 45.0 Å². The highest BCUT2D eigenvalue weighted by Crippen LogP contribution is 2.21. The highest BCUT2D eigenvalue weighted by molar-refractivity contribution is 6.30. The molecule has 1 unspecified atom stereocenters. The number of aryl methyl sites for hydroxylation is 2. The first kappa shape index (κ1) is 15.7. The number of H-pyrrole nitrogens is 1. The molecule has 0 aliphatic heterocycles. The quantitative estimate of drug-likeness (QED) is 0.909. The van der Waals surface area contributed by atoms with Crippen LogP contribution in [0.1, 0.15) is 48.6 Å². The number of aromatic amines is 1. The molecule has 0 bridgehead atoms. The number of aromatic nitrogens is 2. The molecule has 1 aromatic carbocycles. The molecule has 21 heavy (non-hydrogen) atoms. The summed E-state index contributed by atoms with van der Waals surface area (Å²) < 4.78 is 0. The van der Waals surface area contributed by atoms with E-state index < -0.39 is 0 Å². The fourth-order valence-corrected chi connectivity index (χ4v) is 2.77. The Hall–Kier alpha value is -1.65. The number of hydrogen-bond acceptors (Lipinski definition) is 3. The number of rotatable bonds is 4. The van der Waals surface area contributed by atoms with Gasteiger partial charge < -0.3 is 10.3 Å². The van der Waals surface area contributed by atoms with E-state index in [4.69, 9.17) is 11.6 Å². The summed E-state index contributed by atoms with van der Waals surface area (Å²) in [6, 6.07) is 7.69. The third-order valence-corrected chi connectivity index (χ3v) is 3.78. The van der Waals surface area contributed by atoms with Crippen molar-refractivity contribution in [3.63, 3.8) is 0 Å². The molecular formula is C16H20ClN3O. The molecule has 5 heteroatoms. The Morgan fingerprint density at radius 2 is 1.95 bits per heavy atom. The lowest BCUT2D eigenvalue weighted by Gasteiger charge is -2.21. The van der Waals surface area contributed by atoms with Gasteiger partial charge in [-0.3, -0.25) is 4.79 Å². The second-order valence-electron chi connectivity index (χ2n) is 5.32. The normalized spacial score (nSPS) is 14.0. The van der Waals surface area contributed by atoms with Crippen LogP contribution in [-0.4, -0.2) is 9.97 Å². The maximum atomic E-state index is 12.1. The molecule has 0 aliphatic rings. The Kier molecular flexibility index (Phi) is 4.80. The summed E-state index contributed by atoms with van der Waals surface area (Å²) >= 11 is 6.02. The van der Waals surface area contributed by atoms with Gasteiger partial charge in [0.15, 0.2) is 0 Å². The molecular weight excluding hydrogens is 286 g/mol. The lowest BCUT2D eigenvalue weighted by molar-refractivity contribution is 0.487. The smallest absolute Gasteiger partial charge is 0.255 e. The van der Waals surface area contributed by atoms with Crippen molar-refractivity contribution in [2.24, 2.45) is 0 Å². The molecule has 2 atom stereocenters. The average Bonchev–Trinajstić information content (AvgIpc) is 2.37. The molecule has 0 aliphatic carbocycles. The van der Waals surface area contributed by atoms with Crippen molar-refractivity contribution in [1.29, 1.82) is 0 Å². The van der Waals surface area contributed by atoms with Gasteiger partial charge in [-0.15, -0.1) is 0 Å². The summed E-state index contributed by atoms with van der Waals surface area (Å²) in [7, 11) is 0. The lowest BCUT2D eigenvalue weighted by atomic mass is 10.0. The van der Waals surface area contributed by atoms with Crippen LogP contribution in [-0.2, 0) is 0 Å². The van der Waals surface area contributed by atoms with Crippen molar-refractivity contribution in [2.45, 2.75) is 39.8 Å². The maximum absolute atomic E-state index is 12.1. The third kappa shape index (κ3) is 3.71. The number of halogens is 1. The van der Waals surface area contributed by atoms with Crippen molar-refractivity contribution >= 4 is 11.6 Å². The fourth-order valence-electron chi connectivity index (χ4n) is 2.58. The lowest BCUT2D eigenvalue weighted by Crippen LogP contribution is -2.29. The predicted molar refractivity (Wildman–Crippen MR) is 85.7 cm³/mol. The van der Waals surface area contributed by atoms with Gasteiger partial charge in [0.1, 0.15) is 5.82 Å². The first-order chi connectivity index (χ1) is 9.88. The van der Waals surface area contributed by atoms with Crippen LogP contribution in [0.5, 0.6) is 0 Å². The summed E-state index contributed by atoms with van der Waals surface area (Å²) in [4.78, 5) is 19.2. The number of benzene rings is 1. The van der Waals surface area contributed by atoms with E-state index >= 15 is 0 Å². The van der Waals surface area contributed by atoms with Crippen LogP contribution in [0.4, 0.5) is 0 Å². The minimum atomic E-state index is -0.101.